The number of nitrogens with zero attached hydrogens (tertiary/aromatic N) is 4. The highest BCUT2D eigenvalue weighted by Crippen LogP contribution is 2.25. The fourth-order valence-electron chi connectivity index (χ4n) is 3.58. The highest BCUT2D eigenvalue weighted by molar-refractivity contribution is 5.92. The molecular formula is C20H23N5O2. The number of fused-ring (bicyclic) bond motifs is 1. The Kier molecular flexibility index (Phi) is 5.02. The molecule has 0 spiro atoms. The SMILES string of the molecule is COc1cccc(NC(=O)CN2CCC(n3nnc4ccccc43)CC2)c1. The molecule has 2 heterocycles. The van der Waals surface area contributed by atoms with E-state index >= 15 is 0 Å². The predicted octanol–water partition coefficient (Wildman–Crippen LogP) is 2.72. The second-order valence-electron chi connectivity index (χ2n) is 6.81. The van der Waals surface area contributed by atoms with Crippen LogP contribution in [0.2, 0.25) is 0 Å². The molecule has 7 heteroatoms. The second kappa shape index (κ2) is 7.75. The molecule has 3 aromatic rings. The molecule has 1 saturated heterocycles. The van der Waals surface area contributed by atoms with E-state index in [1.807, 2.05) is 47.1 Å². The van der Waals surface area contributed by atoms with Crippen molar-refractivity contribution in [3.8, 4) is 5.75 Å². The summed E-state index contributed by atoms with van der Waals surface area (Å²) in [6, 6.07) is 15.8. The molecule has 1 fully saturated rings. The number of nitrogens with one attached hydrogen (secondary N) is 1. The van der Waals surface area contributed by atoms with Gasteiger partial charge in [-0.3, -0.25) is 9.69 Å². The van der Waals surface area contributed by atoms with Gasteiger partial charge in [0.2, 0.25) is 5.91 Å². The van der Waals surface area contributed by atoms with Crippen LogP contribution in [0.15, 0.2) is 48.5 Å². The average molecular weight is 365 g/mol. The van der Waals surface area contributed by atoms with Gasteiger partial charge in [-0.2, -0.15) is 0 Å². The van der Waals surface area contributed by atoms with E-state index in [-0.39, 0.29) is 5.91 Å². The van der Waals surface area contributed by atoms with Crippen LogP contribution in [0.4, 0.5) is 5.69 Å². The number of piperidine rings is 1. The van der Waals surface area contributed by atoms with Gasteiger partial charge in [-0.05, 0) is 37.1 Å². The number of hydrogen-bond donors (Lipinski definition) is 1. The number of methoxy groups -OCH3 is 1. The first kappa shape index (κ1) is 17.5. The molecule has 1 amide bonds. The Morgan fingerprint density at radius 2 is 2.00 bits per heavy atom. The lowest BCUT2D eigenvalue weighted by Crippen LogP contribution is -2.39. The van der Waals surface area contributed by atoms with Gasteiger partial charge in [0.25, 0.3) is 0 Å². The van der Waals surface area contributed by atoms with E-state index in [1.165, 1.54) is 0 Å². The third-order valence-electron chi connectivity index (χ3n) is 5.00. The summed E-state index contributed by atoms with van der Waals surface area (Å²) in [5.41, 5.74) is 2.76. The first-order valence-corrected chi connectivity index (χ1v) is 9.19. The third kappa shape index (κ3) is 3.93. The summed E-state index contributed by atoms with van der Waals surface area (Å²) in [6.07, 6.45) is 1.92. The van der Waals surface area contributed by atoms with Gasteiger partial charge in [0, 0.05) is 24.8 Å². The zero-order valence-corrected chi connectivity index (χ0v) is 15.3. The van der Waals surface area contributed by atoms with Crippen LogP contribution in [0, 0.1) is 0 Å². The number of amides is 1. The number of likely N-dealkylation sites (tertiary alicyclic amines) is 1. The number of anilines is 1. The lowest BCUT2D eigenvalue weighted by Gasteiger charge is -2.31. The number of aromatic nitrogens is 3. The van der Waals surface area contributed by atoms with E-state index in [0.717, 1.165) is 48.4 Å². The Hall–Kier alpha value is -2.93. The summed E-state index contributed by atoms with van der Waals surface area (Å²) in [4.78, 5) is 14.5. The fourth-order valence-corrected chi connectivity index (χ4v) is 3.58. The maximum Gasteiger partial charge on any atom is 0.238 e. The minimum absolute atomic E-state index is 0.00657. The third-order valence-corrected chi connectivity index (χ3v) is 5.00. The van der Waals surface area contributed by atoms with E-state index in [2.05, 4.69) is 26.6 Å². The standard InChI is InChI=1S/C20H23N5O2/c1-27-17-6-4-5-15(13-17)21-20(26)14-24-11-9-16(10-12-24)25-19-8-3-2-7-18(19)22-23-25/h2-8,13,16H,9-12,14H2,1H3,(H,21,26). The minimum Gasteiger partial charge on any atom is -0.497 e. The van der Waals surface area contributed by atoms with Gasteiger partial charge >= 0.3 is 0 Å². The Labute approximate surface area is 157 Å². The van der Waals surface area contributed by atoms with E-state index in [0.29, 0.717) is 12.6 Å². The molecule has 0 bridgehead atoms. The highest BCUT2D eigenvalue weighted by atomic mass is 16.5. The summed E-state index contributed by atoms with van der Waals surface area (Å²) in [5.74, 6) is 0.724. The molecule has 1 aliphatic heterocycles. The van der Waals surface area contributed by atoms with Gasteiger partial charge in [-0.1, -0.05) is 23.4 Å². The fraction of sp³-hybridized carbons (Fsp3) is 0.350. The van der Waals surface area contributed by atoms with E-state index in [9.17, 15) is 4.79 Å². The lowest BCUT2D eigenvalue weighted by atomic mass is 10.0. The van der Waals surface area contributed by atoms with Gasteiger partial charge in [-0.15, -0.1) is 5.10 Å². The second-order valence-corrected chi connectivity index (χ2v) is 6.81. The highest BCUT2D eigenvalue weighted by Gasteiger charge is 2.24. The Morgan fingerprint density at radius 1 is 1.19 bits per heavy atom. The van der Waals surface area contributed by atoms with Crippen LogP contribution in [0.3, 0.4) is 0 Å². The van der Waals surface area contributed by atoms with E-state index in [4.69, 9.17) is 4.74 Å². The lowest BCUT2D eigenvalue weighted by molar-refractivity contribution is -0.117. The van der Waals surface area contributed by atoms with Crippen LogP contribution in [-0.2, 0) is 4.79 Å². The molecule has 0 atom stereocenters. The van der Waals surface area contributed by atoms with Gasteiger partial charge in [0.1, 0.15) is 11.3 Å². The molecular weight excluding hydrogens is 342 g/mol. The first-order valence-electron chi connectivity index (χ1n) is 9.19. The van der Waals surface area contributed by atoms with Crippen LogP contribution in [-0.4, -0.2) is 52.5 Å². The topological polar surface area (TPSA) is 72.3 Å². The molecule has 7 nitrogen and oxygen atoms in total. The zero-order chi connectivity index (χ0) is 18.6. The van der Waals surface area contributed by atoms with Crippen molar-refractivity contribution < 1.29 is 9.53 Å². The maximum atomic E-state index is 12.3. The first-order chi connectivity index (χ1) is 13.2. The molecule has 0 aliphatic carbocycles. The summed E-state index contributed by atoms with van der Waals surface area (Å²) < 4.78 is 7.22. The summed E-state index contributed by atoms with van der Waals surface area (Å²) >= 11 is 0. The van der Waals surface area contributed by atoms with Crippen molar-refractivity contribution in [2.75, 3.05) is 32.1 Å². The molecule has 1 aliphatic rings. The normalized spacial score (nSPS) is 15.7. The predicted molar refractivity (Wildman–Crippen MR) is 104 cm³/mol. The van der Waals surface area contributed by atoms with Crippen molar-refractivity contribution >= 4 is 22.6 Å². The number of benzene rings is 2. The van der Waals surface area contributed by atoms with Gasteiger partial charge in [0.15, 0.2) is 0 Å². The number of para-hydroxylation sites is 1. The number of rotatable bonds is 5. The van der Waals surface area contributed by atoms with Gasteiger partial charge in [0.05, 0.1) is 25.2 Å². The van der Waals surface area contributed by atoms with Crippen LogP contribution in [0.25, 0.3) is 11.0 Å². The molecule has 2 aromatic carbocycles. The van der Waals surface area contributed by atoms with E-state index in [1.54, 1.807) is 7.11 Å². The maximum absolute atomic E-state index is 12.3. The smallest absolute Gasteiger partial charge is 0.238 e. The Balaban J connectivity index is 1.32. The number of carbonyl (C=O) groups is 1. The number of carbonyl (C=O) groups excluding carboxylic acids is 1. The van der Waals surface area contributed by atoms with Crippen LogP contribution < -0.4 is 10.1 Å². The van der Waals surface area contributed by atoms with E-state index < -0.39 is 0 Å². The number of hydrogen-bond acceptors (Lipinski definition) is 5. The van der Waals surface area contributed by atoms with Crippen molar-refractivity contribution in [1.29, 1.82) is 0 Å². The summed E-state index contributed by atoms with van der Waals surface area (Å²) in [5, 5.41) is 11.5. The average Bonchev–Trinajstić information content (AvgIpc) is 3.13. The van der Waals surface area contributed by atoms with Crippen molar-refractivity contribution in [3.63, 3.8) is 0 Å². The van der Waals surface area contributed by atoms with Crippen LogP contribution >= 0.6 is 0 Å². The van der Waals surface area contributed by atoms with Gasteiger partial charge in [-0.25, -0.2) is 4.68 Å². The Morgan fingerprint density at radius 3 is 2.81 bits per heavy atom. The Bertz CT molecular complexity index is 931. The molecule has 0 unspecified atom stereocenters. The molecule has 1 aromatic heterocycles. The largest absolute Gasteiger partial charge is 0.497 e. The zero-order valence-electron chi connectivity index (χ0n) is 15.3. The van der Waals surface area contributed by atoms with Crippen LogP contribution in [0.5, 0.6) is 5.75 Å². The molecule has 0 saturated carbocycles. The summed E-state index contributed by atoms with van der Waals surface area (Å²) in [7, 11) is 1.61. The molecule has 0 radical (unpaired) electrons. The van der Waals surface area contributed by atoms with Crippen molar-refractivity contribution in [1.82, 2.24) is 19.9 Å². The van der Waals surface area contributed by atoms with Crippen LogP contribution in [0.1, 0.15) is 18.9 Å². The van der Waals surface area contributed by atoms with Crippen molar-refractivity contribution in [3.05, 3.63) is 48.5 Å². The quantitative estimate of drug-likeness (QED) is 0.753. The molecule has 4 rings (SSSR count). The van der Waals surface area contributed by atoms with Gasteiger partial charge < -0.3 is 10.1 Å². The molecule has 140 valence electrons. The minimum atomic E-state index is -0.00657. The van der Waals surface area contributed by atoms with Crippen molar-refractivity contribution in [2.45, 2.75) is 18.9 Å². The number of ether oxygens (including phenoxy) is 1. The van der Waals surface area contributed by atoms with Crippen molar-refractivity contribution in [2.24, 2.45) is 0 Å². The molecule has 1 N–H and O–H groups in total. The monoisotopic (exact) mass is 365 g/mol. The summed E-state index contributed by atoms with van der Waals surface area (Å²) in [6.45, 7) is 2.12. The molecule has 27 heavy (non-hydrogen) atoms.